The molecule has 0 spiro atoms. The van der Waals surface area contributed by atoms with Gasteiger partial charge in [0.25, 0.3) is 0 Å². The highest BCUT2D eigenvalue weighted by molar-refractivity contribution is 7.99. The molecule has 4 heterocycles. The van der Waals surface area contributed by atoms with Gasteiger partial charge >= 0.3 is 0 Å². The second-order valence-electron chi connectivity index (χ2n) is 15.5. The van der Waals surface area contributed by atoms with Crippen molar-refractivity contribution in [3.8, 4) is 22.3 Å². The summed E-state index contributed by atoms with van der Waals surface area (Å²) in [4.78, 5) is 59.1. The minimum absolute atomic E-state index is 0.0129. The molecule has 61 heavy (non-hydrogen) atoms. The zero-order valence-corrected chi connectivity index (χ0v) is 36.9. The first kappa shape index (κ1) is 42.0. The van der Waals surface area contributed by atoms with Crippen LogP contribution in [0.3, 0.4) is 0 Å². The quantitative estimate of drug-likeness (QED) is 0.143. The number of aromatic nitrogens is 2. The first-order valence-corrected chi connectivity index (χ1v) is 21.8. The summed E-state index contributed by atoms with van der Waals surface area (Å²) in [7, 11) is 4.02. The van der Waals surface area contributed by atoms with Crippen molar-refractivity contribution in [2.75, 3.05) is 52.4 Å². The topological polar surface area (TPSA) is 91.1 Å². The van der Waals surface area contributed by atoms with E-state index in [1.54, 1.807) is 45.6 Å². The number of halogens is 2. The molecule has 0 saturated carbocycles. The largest absolute Gasteiger partial charge is 0.351 e. The molecule has 0 unspecified atom stereocenters. The van der Waals surface area contributed by atoms with E-state index in [-0.39, 0.29) is 23.6 Å². The van der Waals surface area contributed by atoms with Crippen molar-refractivity contribution in [3.05, 3.63) is 119 Å². The number of aryl methyl sites for hydroxylation is 2. The smallest absolute Gasteiger partial charge is 0.246 e. The van der Waals surface area contributed by atoms with Gasteiger partial charge in [-0.15, -0.1) is 0 Å². The summed E-state index contributed by atoms with van der Waals surface area (Å²) in [5.74, 6) is -0.221. The van der Waals surface area contributed by atoms with Gasteiger partial charge in [-0.05, 0) is 82.9 Å². The van der Waals surface area contributed by atoms with Crippen LogP contribution in [0.1, 0.15) is 25.0 Å². The minimum atomic E-state index is -0.123. The highest BCUT2D eigenvalue weighted by atomic mass is 35.5. The van der Waals surface area contributed by atoms with Crippen molar-refractivity contribution >= 4 is 92.6 Å². The van der Waals surface area contributed by atoms with Gasteiger partial charge in [-0.3, -0.25) is 19.2 Å². The molecule has 2 aliphatic rings. The van der Waals surface area contributed by atoms with Crippen LogP contribution in [0.25, 0.3) is 56.2 Å². The first-order valence-electron chi connectivity index (χ1n) is 20.2. The molecule has 2 fully saturated rings. The van der Waals surface area contributed by atoms with Crippen LogP contribution in [0, 0.1) is 0 Å². The Labute approximate surface area is 369 Å². The molecule has 2 aliphatic heterocycles. The molecule has 10 nitrogen and oxygen atoms in total. The maximum absolute atomic E-state index is 13.4. The Morgan fingerprint density at radius 2 is 0.902 bits per heavy atom. The first-order chi connectivity index (χ1) is 29.4. The van der Waals surface area contributed by atoms with Crippen LogP contribution in [-0.4, -0.2) is 105 Å². The number of fused-ring (bicyclic) bond motifs is 2. The van der Waals surface area contributed by atoms with Gasteiger partial charge in [-0.1, -0.05) is 59.2 Å². The van der Waals surface area contributed by atoms with E-state index in [0.29, 0.717) is 62.4 Å². The SMILES string of the molecule is CC(=O)N1CCN(C(=O)/C=C/c2ccc(Sc3ccc(/C=C/C(=O)N4CCN(C(C)=O)CC4)c(-c4ccc5c(ccn5C)c4)c3Cl)c(Cl)c2-c2ccc3c(ccn3C)c2)CC1. The van der Waals surface area contributed by atoms with Gasteiger partial charge < -0.3 is 28.7 Å². The van der Waals surface area contributed by atoms with Gasteiger partial charge in [0.15, 0.2) is 0 Å². The Hall–Kier alpha value is -5.75. The summed E-state index contributed by atoms with van der Waals surface area (Å²) in [5, 5.41) is 3.17. The number of hydrogen-bond acceptors (Lipinski definition) is 5. The third-order valence-corrected chi connectivity index (χ3v) is 13.9. The second-order valence-corrected chi connectivity index (χ2v) is 17.4. The lowest BCUT2D eigenvalue weighted by atomic mass is 9.97. The molecule has 13 heteroatoms. The predicted octanol–water partition coefficient (Wildman–Crippen LogP) is 8.87. The molecule has 2 saturated heterocycles. The van der Waals surface area contributed by atoms with Crippen molar-refractivity contribution in [2.24, 2.45) is 14.1 Å². The van der Waals surface area contributed by atoms with Gasteiger partial charge in [0.05, 0.1) is 10.0 Å². The fourth-order valence-corrected chi connectivity index (χ4v) is 9.86. The molecule has 0 N–H and O–H groups in total. The average molecular weight is 874 g/mol. The Kier molecular flexibility index (Phi) is 12.2. The monoisotopic (exact) mass is 872 g/mol. The van der Waals surface area contributed by atoms with Crippen LogP contribution < -0.4 is 0 Å². The summed E-state index contributed by atoms with van der Waals surface area (Å²) in [5.41, 5.74) is 7.14. The number of rotatable bonds is 8. The lowest BCUT2D eigenvalue weighted by Gasteiger charge is -2.33. The van der Waals surface area contributed by atoms with Crippen molar-refractivity contribution in [1.29, 1.82) is 0 Å². The Morgan fingerprint density at radius 3 is 1.28 bits per heavy atom. The molecular weight excluding hydrogens is 828 g/mol. The molecule has 0 bridgehead atoms. The normalized spacial score (nSPS) is 14.9. The summed E-state index contributed by atoms with van der Waals surface area (Å²) in [6.45, 7) is 7.04. The van der Waals surface area contributed by atoms with E-state index >= 15 is 0 Å². The third kappa shape index (κ3) is 8.73. The Balaban J connectivity index is 1.15. The van der Waals surface area contributed by atoms with E-state index in [0.717, 1.165) is 65.0 Å². The number of hydrogen-bond donors (Lipinski definition) is 0. The number of benzene rings is 4. The van der Waals surface area contributed by atoms with E-state index in [1.165, 1.54) is 11.8 Å². The number of amides is 4. The van der Waals surface area contributed by atoms with E-state index in [9.17, 15) is 19.2 Å². The molecule has 0 radical (unpaired) electrons. The van der Waals surface area contributed by atoms with Crippen LogP contribution >= 0.6 is 35.0 Å². The molecule has 0 atom stereocenters. The van der Waals surface area contributed by atoms with Gasteiger partial charge in [-0.2, -0.15) is 0 Å². The highest BCUT2D eigenvalue weighted by Crippen LogP contribution is 2.47. The van der Waals surface area contributed by atoms with Crippen molar-refractivity contribution in [1.82, 2.24) is 28.7 Å². The lowest BCUT2D eigenvalue weighted by molar-refractivity contribution is -0.135. The van der Waals surface area contributed by atoms with E-state index in [4.69, 9.17) is 23.2 Å². The highest BCUT2D eigenvalue weighted by Gasteiger charge is 2.24. The maximum Gasteiger partial charge on any atom is 0.246 e. The third-order valence-electron chi connectivity index (χ3n) is 11.7. The summed E-state index contributed by atoms with van der Waals surface area (Å²) >= 11 is 16.3. The van der Waals surface area contributed by atoms with Crippen LogP contribution in [0.2, 0.25) is 10.0 Å². The number of carbonyl (C=O) groups excluding carboxylic acids is 4. The fourth-order valence-electron chi connectivity index (χ4n) is 8.18. The molecule has 8 rings (SSSR count). The summed E-state index contributed by atoms with van der Waals surface area (Å²) in [6, 6.07) is 24.5. The van der Waals surface area contributed by atoms with Crippen molar-refractivity contribution in [2.45, 2.75) is 23.6 Å². The molecule has 4 aromatic carbocycles. The number of piperazine rings is 2. The fraction of sp³-hybridized carbons (Fsp3) is 0.250. The van der Waals surface area contributed by atoms with Crippen LogP contribution in [0.15, 0.2) is 107 Å². The summed E-state index contributed by atoms with van der Waals surface area (Å²) in [6.07, 6.45) is 10.9. The van der Waals surface area contributed by atoms with Crippen LogP contribution in [0.4, 0.5) is 0 Å². The molecule has 6 aromatic rings. The molecule has 312 valence electrons. The second kappa shape index (κ2) is 17.7. The zero-order chi connectivity index (χ0) is 42.9. The van der Waals surface area contributed by atoms with Crippen molar-refractivity contribution in [3.63, 3.8) is 0 Å². The Bertz CT molecular complexity index is 2590. The van der Waals surface area contributed by atoms with Gasteiger partial charge in [0.1, 0.15) is 0 Å². The standard InChI is InChI=1S/C48H46Cl2N6O4S/c1-31(57)53-21-25-55(26-22-53)43(59)15-9-33-7-13-41(47(49)45(33)37-5-11-39-35(29-37)17-19-51(39)3)61-42-14-8-34(10-16-44(60)56-27-23-54(24-28-56)32(2)58)46(48(42)50)38-6-12-40-36(30-38)18-20-52(40)4/h5-20,29-30H,21-28H2,1-4H3/b15-9+,16-10+. The average Bonchev–Trinajstić information content (AvgIpc) is 3.83. The molecular formula is C48H46Cl2N6O4S. The van der Waals surface area contributed by atoms with E-state index in [1.807, 2.05) is 62.9 Å². The van der Waals surface area contributed by atoms with Gasteiger partial charge in [-0.25, -0.2) is 0 Å². The van der Waals surface area contributed by atoms with Crippen LogP contribution in [-0.2, 0) is 33.3 Å². The number of nitrogens with zero attached hydrogens (tertiary/aromatic N) is 6. The summed E-state index contributed by atoms with van der Waals surface area (Å²) < 4.78 is 4.14. The van der Waals surface area contributed by atoms with Gasteiger partial charge in [0, 0.05) is 148 Å². The Morgan fingerprint density at radius 1 is 0.525 bits per heavy atom. The predicted molar refractivity (Wildman–Crippen MR) is 247 cm³/mol. The van der Waals surface area contributed by atoms with E-state index in [2.05, 4.69) is 57.7 Å². The molecule has 0 aliphatic carbocycles. The maximum atomic E-state index is 13.4. The number of carbonyl (C=O) groups is 4. The van der Waals surface area contributed by atoms with Gasteiger partial charge in [0.2, 0.25) is 23.6 Å². The zero-order valence-electron chi connectivity index (χ0n) is 34.5. The lowest BCUT2D eigenvalue weighted by Crippen LogP contribution is -2.49. The van der Waals surface area contributed by atoms with Crippen LogP contribution in [0.5, 0.6) is 0 Å². The molecule has 4 amide bonds. The molecule has 2 aromatic heterocycles. The minimum Gasteiger partial charge on any atom is -0.351 e. The van der Waals surface area contributed by atoms with E-state index < -0.39 is 0 Å². The van der Waals surface area contributed by atoms with Crippen molar-refractivity contribution < 1.29 is 19.2 Å².